The summed E-state index contributed by atoms with van der Waals surface area (Å²) in [5.74, 6) is 0.195. The van der Waals surface area contributed by atoms with Crippen molar-refractivity contribution in [2.75, 3.05) is 30.6 Å². The first-order valence-corrected chi connectivity index (χ1v) is 7.30. The van der Waals surface area contributed by atoms with E-state index in [1.165, 1.54) is 13.1 Å². The molecule has 0 spiro atoms. The topological polar surface area (TPSA) is 79.4 Å². The van der Waals surface area contributed by atoms with E-state index < -0.39 is 21.0 Å². The van der Waals surface area contributed by atoms with Gasteiger partial charge in [0.1, 0.15) is 11.1 Å². The Kier molecular flexibility index (Phi) is 4.28. The van der Waals surface area contributed by atoms with E-state index >= 15 is 0 Å². The molecule has 1 unspecified atom stereocenters. The first-order valence-electron chi connectivity index (χ1n) is 5.35. The first kappa shape index (κ1) is 14.4. The SMILES string of the molecule is CC(C(=O)Nc1ccc(N(C)C)nc1)S(C)(=O)=O. The highest BCUT2D eigenvalue weighted by Gasteiger charge is 2.23. The van der Waals surface area contributed by atoms with Crippen LogP contribution in [0.2, 0.25) is 0 Å². The molecule has 0 aliphatic carbocycles. The molecule has 0 aliphatic rings. The number of pyridine rings is 1. The lowest BCUT2D eigenvalue weighted by molar-refractivity contribution is -0.115. The van der Waals surface area contributed by atoms with Crippen LogP contribution >= 0.6 is 0 Å². The lowest BCUT2D eigenvalue weighted by Crippen LogP contribution is -2.31. The quantitative estimate of drug-likeness (QED) is 0.863. The third kappa shape index (κ3) is 3.69. The minimum atomic E-state index is -3.38. The summed E-state index contributed by atoms with van der Waals surface area (Å²) in [5, 5.41) is 1.44. The van der Waals surface area contributed by atoms with Gasteiger partial charge in [-0.15, -0.1) is 0 Å². The van der Waals surface area contributed by atoms with E-state index in [1.807, 2.05) is 19.0 Å². The number of aromatic nitrogens is 1. The Balaban J connectivity index is 2.77. The average Bonchev–Trinajstić information content (AvgIpc) is 2.27. The number of anilines is 2. The maximum atomic E-state index is 11.6. The molecule has 18 heavy (non-hydrogen) atoms. The van der Waals surface area contributed by atoms with Crippen LogP contribution in [-0.4, -0.2) is 44.9 Å². The number of hydrogen-bond acceptors (Lipinski definition) is 5. The highest BCUT2D eigenvalue weighted by atomic mass is 32.2. The summed E-state index contributed by atoms with van der Waals surface area (Å²) in [4.78, 5) is 17.6. The molecule has 1 amide bonds. The molecule has 1 atom stereocenters. The number of hydrogen-bond donors (Lipinski definition) is 1. The Hall–Kier alpha value is -1.63. The van der Waals surface area contributed by atoms with E-state index in [4.69, 9.17) is 0 Å². The lowest BCUT2D eigenvalue weighted by Gasteiger charge is -2.13. The summed E-state index contributed by atoms with van der Waals surface area (Å²) in [6.07, 6.45) is 2.52. The zero-order valence-corrected chi connectivity index (χ0v) is 11.7. The number of carbonyl (C=O) groups excluding carboxylic acids is 1. The summed E-state index contributed by atoms with van der Waals surface area (Å²) in [6.45, 7) is 1.35. The highest BCUT2D eigenvalue weighted by Crippen LogP contribution is 2.12. The first-order chi connectivity index (χ1) is 8.21. The molecule has 0 bridgehead atoms. The molecular formula is C11H17N3O3S. The third-order valence-corrected chi connectivity index (χ3v) is 3.98. The maximum Gasteiger partial charge on any atom is 0.242 e. The van der Waals surface area contributed by atoms with Gasteiger partial charge in [-0.3, -0.25) is 4.79 Å². The Labute approximate surface area is 107 Å². The van der Waals surface area contributed by atoms with E-state index in [-0.39, 0.29) is 0 Å². The third-order valence-electron chi connectivity index (χ3n) is 2.49. The predicted octanol–water partition coefficient (Wildman–Crippen LogP) is 0.519. The fourth-order valence-electron chi connectivity index (χ4n) is 1.16. The Morgan fingerprint density at radius 1 is 1.39 bits per heavy atom. The van der Waals surface area contributed by atoms with Gasteiger partial charge in [0.15, 0.2) is 9.84 Å². The van der Waals surface area contributed by atoms with Gasteiger partial charge < -0.3 is 10.2 Å². The predicted molar refractivity (Wildman–Crippen MR) is 71.5 cm³/mol. The average molecular weight is 271 g/mol. The van der Waals surface area contributed by atoms with Crippen molar-refractivity contribution in [3.05, 3.63) is 18.3 Å². The van der Waals surface area contributed by atoms with Crippen molar-refractivity contribution in [2.45, 2.75) is 12.2 Å². The molecular weight excluding hydrogens is 254 g/mol. The van der Waals surface area contributed by atoms with Crippen LogP contribution in [0.4, 0.5) is 11.5 Å². The van der Waals surface area contributed by atoms with E-state index in [0.717, 1.165) is 12.1 Å². The molecule has 0 saturated heterocycles. The second-order valence-corrected chi connectivity index (χ2v) is 6.63. The van der Waals surface area contributed by atoms with Gasteiger partial charge in [-0.25, -0.2) is 13.4 Å². The van der Waals surface area contributed by atoms with Gasteiger partial charge in [0.2, 0.25) is 5.91 Å². The molecule has 0 aromatic carbocycles. The minimum absolute atomic E-state index is 0.473. The molecule has 7 heteroatoms. The van der Waals surface area contributed by atoms with Crippen LogP contribution in [0.15, 0.2) is 18.3 Å². The summed E-state index contributed by atoms with van der Waals surface area (Å²) in [7, 11) is 0.323. The van der Waals surface area contributed by atoms with Crippen LogP contribution in [0.3, 0.4) is 0 Å². The van der Waals surface area contributed by atoms with Gasteiger partial charge in [0, 0.05) is 20.4 Å². The van der Waals surface area contributed by atoms with Crippen molar-refractivity contribution in [1.82, 2.24) is 4.98 Å². The molecule has 1 heterocycles. The van der Waals surface area contributed by atoms with E-state index in [0.29, 0.717) is 5.69 Å². The van der Waals surface area contributed by atoms with Crippen LogP contribution in [0.1, 0.15) is 6.92 Å². The van der Waals surface area contributed by atoms with Crippen LogP contribution in [-0.2, 0) is 14.6 Å². The molecule has 1 rings (SSSR count). The molecule has 1 aromatic heterocycles. The van der Waals surface area contributed by atoms with Crippen LogP contribution in [0.25, 0.3) is 0 Å². The Morgan fingerprint density at radius 3 is 2.39 bits per heavy atom. The fraction of sp³-hybridized carbons (Fsp3) is 0.455. The molecule has 6 nitrogen and oxygen atoms in total. The zero-order valence-electron chi connectivity index (χ0n) is 10.8. The van der Waals surface area contributed by atoms with Crippen molar-refractivity contribution < 1.29 is 13.2 Å². The molecule has 0 saturated carbocycles. The fourth-order valence-corrected chi connectivity index (χ4v) is 1.61. The second kappa shape index (κ2) is 5.34. The van der Waals surface area contributed by atoms with Gasteiger partial charge in [0.25, 0.3) is 0 Å². The Bertz CT molecular complexity index is 523. The summed E-state index contributed by atoms with van der Waals surface area (Å²) in [5.41, 5.74) is 0.473. The molecule has 100 valence electrons. The van der Waals surface area contributed by atoms with Crippen LogP contribution < -0.4 is 10.2 Å². The van der Waals surface area contributed by atoms with Gasteiger partial charge in [-0.1, -0.05) is 0 Å². The van der Waals surface area contributed by atoms with Gasteiger partial charge in [0.05, 0.1) is 11.9 Å². The number of nitrogens with one attached hydrogen (secondary N) is 1. The van der Waals surface area contributed by atoms with E-state index in [9.17, 15) is 13.2 Å². The second-order valence-electron chi connectivity index (χ2n) is 4.26. The zero-order chi connectivity index (χ0) is 13.9. The molecule has 1 aromatic rings. The Morgan fingerprint density at radius 2 is 2.00 bits per heavy atom. The summed E-state index contributed by atoms with van der Waals surface area (Å²) in [6, 6.07) is 3.41. The normalized spacial score (nSPS) is 12.9. The summed E-state index contributed by atoms with van der Waals surface area (Å²) < 4.78 is 22.4. The van der Waals surface area contributed by atoms with Gasteiger partial charge in [-0.05, 0) is 19.1 Å². The minimum Gasteiger partial charge on any atom is -0.363 e. The molecule has 1 N–H and O–H groups in total. The number of rotatable bonds is 4. The number of carbonyl (C=O) groups is 1. The largest absolute Gasteiger partial charge is 0.363 e. The molecule has 0 aliphatic heterocycles. The van der Waals surface area contributed by atoms with E-state index in [2.05, 4.69) is 10.3 Å². The van der Waals surface area contributed by atoms with Crippen molar-refractivity contribution in [1.29, 1.82) is 0 Å². The number of sulfone groups is 1. The van der Waals surface area contributed by atoms with Crippen LogP contribution in [0, 0.1) is 0 Å². The van der Waals surface area contributed by atoms with Crippen molar-refractivity contribution in [3.8, 4) is 0 Å². The van der Waals surface area contributed by atoms with E-state index in [1.54, 1.807) is 12.1 Å². The van der Waals surface area contributed by atoms with Crippen molar-refractivity contribution in [2.24, 2.45) is 0 Å². The summed E-state index contributed by atoms with van der Waals surface area (Å²) >= 11 is 0. The highest BCUT2D eigenvalue weighted by molar-refractivity contribution is 7.92. The van der Waals surface area contributed by atoms with Gasteiger partial charge in [-0.2, -0.15) is 0 Å². The molecule has 0 radical (unpaired) electrons. The number of nitrogens with zero attached hydrogens (tertiary/aromatic N) is 2. The monoisotopic (exact) mass is 271 g/mol. The smallest absolute Gasteiger partial charge is 0.242 e. The lowest BCUT2D eigenvalue weighted by atomic mass is 10.3. The van der Waals surface area contributed by atoms with Crippen molar-refractivity contribution >= 4 is 27.2 Å². The van der Waals surface area contributed by atoms with Crippen molar-refractivity contribution in [3.63, 3.8) is 0 Å². The maximum absolute atomic E-state index is 11.6. The standard InChI is InChI=1S/C11H17N3O3S/c1-8(18(4,16)17)11(15)13-9-5-6-10(12-7-9)14(2)3/h5-8H,1-4H3,(H,13,15). The van der Waals surface area contributed by atoms with Gasteiger partial charge >= 0.3 is 0 Å². The van der Waals surface area contributed by atoms with Crippen LogP contribution in [0.5, 0.6) is 0 Å². The number of amides is 1. The molecule has 0 fully saturated rings.